The summed E-state index contributed by atoms with van der Waals surface area (Å²) >= 11 is 2.81. The second kappa shape index (κ2) is 7.71. The molecule has 0 fully saturated rings. The largest absolute Gasteiger partial charge is 0.453 e. The van der Waals surface area contributed by atoms with Gasteiger partial charge in [0.2, 0.25) is 5.89 Å². The van der Waals surface area contributed by atoms with Crippen molar-refractivity contribution < 1.29 is 18.9 Å². The number of thiazole rings is 1. The molecule has 0 amide bonds. The Morgan fingerprint density at radius 2 is 2.00 bits per heavy atom. The van der Waals surface area contributed by atoms with Crippen molar-refractivity contribution in [2.24, 2.45) is 0 Å². The van der Waals surface area contributed by atoms with E-state index in [4.69, 9.17) is 9.15 Å². The monoisotopic (exact) mass is 413 g/mol. The molecule has 0 spiro atoms. The maximum Gasteiger partial charge on any atom is 0.350 e. The molecular formula is C18H11N3O5S2. The van der Waals surface area contributed by atoms with Crippen molar-refractivity contribution in [1.29, 1.82) is 0 Å². The van der Waals surface area contributed by atoms with Gasteiger partial charge in [-0.25, -0.2) is 14.8 Å². The van der Waals surface area contributed by atoms with Gasteiger partial charge in [0.05, 0.1) is 22.2 Å². The number of non-ortho nitro benzene ring substituents is 1. The van der Waals surface area contributed by atoms with E-state index in [0.717, 1.165) is 9.88 Å². The van der Waals surface area contributed by atoms with Crippen LogP contribution in [0, 0.1) is 10.1 Å². The van der Waals surface area contributed by atoms with Gasteiger partial charge in [0, 0.05) is 17.7 Å². The Hall–Kier alpha value is -3.37. The molecule has 0 radical (unpaired) electrons. The van der Waals surface area contributed by atoms with Crippen molar-refractivity contribution in [3.8, 4) is 21.3 Å². The third-order valence-electron chi connectivity index (χ3n) is 3.66. The van der Waals surface area contributed by atoms with E-state index in [1.165, 1.54) is 35.9 Å². The van der Waals surface area contributed by atoms with E-state index in [-0.39, 0.29) is 12.3 Å². The summed E-state index contributed by atoms with van der Waals surface area (Å²) in [4.78, 5) is 32.2. The van der Waals surface area contributed by atoms with Crippen LogP contribution >= 0.6 is 22.7 Å². The van der Waals surface area contributed by atoms with Crippen molar-refractivity contribution in [3.05, 3.63) is 74.9 Å². The summed E-state index contributed by atoms with van der Waals surface area (Å²) in [6.45, 7) is -0.0783. The van der Waals surface area contributed by atoms with E-state index < -0.39 is 10.9 Å². The molecule has 0 bridgehead atoms. The standard InChI is InChI=1S/C18H11N3O5S2/c22-18(15-9-20-17(28-15)14-2-1-7-27-14)25-10-13-8-19-16(26-13)11-3-5-12(6-4-11)21(23)24/h1-9H,10H2. The molecule has 4 aromatic rings. The van der Waals surface area contributed by atoms with Gasteiger partial charge in [0.1, 0.15) is 9.88 Å². The molecule has 1 aromatic carbocycles. The van der Waals surface area contributed by atoms with Gasteiger partial charge in [-0.2, -0.15) is 0 Å². The number of thiophene rings is 1. The molecule has 4 rings (SSSR count). The summed E-state index contributed by atoms with van der Waals surface area (Å²) in [5.41, 5.74) is 0.571. The van der Waals surface area contributed by atoms with Crippen molar-refractivity contribution in [2.75, 3.05) is 0 Å². The SMILES string of the molecule is O=C(OCc1cnc(-c2ccc([N+](=O)[O-])cc2)o1)c1cnc(-c2cccs2)s1. The molecular weight excluding hydrogens is 402 g/mol. The second-order valence-electron chi connectivity index (χ2n) is 5.52. The molecule has 0 aliphatic rings. The highest BCUT2D eigenvalue weighted by molar-refractivity contribution is 7.21. The van der Waals surface area contributed by atoms with Crippen LogP contribution in [0.3, 0.4) is 0 Å². The molecule has 3 heterocycles. The Morgan fingerprint density at radius 3 is 2.71 bits per heavy atom. The van der Waals surface area contributed by atoms with Gasteiger partial charge >= 0.3 is 5.97 Å². The Kier molecular flexibility index (Phi) is 4.96. The quantitative estimate of drug-likeness (QED) is 0.254. The first-order valence-corrected chi connectivity index (χ1v) is 9.66. The molecule has 0 atom stereocenters. The van der Waals surface area contributed by atoms with E-state index >= 15 is 0 Å². The third kappa shape index (κ3) is 3.82. The Balaban J connectivity index is 1.39. The lowest BCUT2D eigenvalue weighted by molar-refractivity contribution is -0.384. The fourth-order valence-corrected chi connectivity index (χ4v) is 3.94. The maximum absolute atomic E-state index is 12.2. The molecule has 140 valence electrons. The molecule has 0 aliphatic carbocycles. The molecule has 0 unspecified atom stereocenters. The second-order valence-corrected chi connectivity index (χ2v) is 7.50. The minimum atomic E-state index is -0.492. The number of aromatic nitrogens is 2. The number of rotatable bonds is 6. The minimum absolute atomic E-state index is 0.0177. The van der Waals surface area contributed by atoms with E-state index in [1.54, 1.807) is 23.5 Å². The zero-order valence-corrected chi connectivity index (χ0v) is 15.7. The summed E-state index contributed by atoms with van der Waals surface area (Å²) in [6.07, 6.45) is 2.94. The number of hydrogen-bond acceptors (Lipinski definition) is 9. The van der Waals surface area contributed by atoms with Crippen LogP contribution in [0.25, 0.3) is 21.3 Å². The Bertz CT molecular complexity index is 1120. The fraction of sp³-hybridized carbons (Fsp3) is 0.0556. The minimum Gasteiger partial charge on any atom is -0.453 e. The summed E-state index contributed by atoms with van der Waals surface area (Å²) in [7, 11) is 0. The van der Waals surface area contributed by atoms with Crippen LogP contribution in [0.2, 0.25) is 0 Å². The molecule has 8 nitrogen and oxygen atoms in total. The van der Waals surface area contributed by atoms with E-state index in [9.17, 15) is 14.9 Å². The number of esters is 1. The van der Waals surface area contributed by atoms with E-state index in [1.807, 2.05) is 17.5 Å². The molecule has 3 aromatic heterocycles. The predicted octanol–water partition coefficient (Wildman–Crippen LogP) is 4.79. The lowest BCUT2D eigenvalue weighted by Gasteiger charge is -1.99. The third-order valence-corrected chi connectivity index (χ3v) is 5.68. The Labute approximate surface area is 166 Å². The summed E-state index contributed by atoms with van der Waals surface area (Å²) in [6, 6.07) is 9.69. The van der Waals surface area contributed by atoms with Gasteiger partial charge < -0.3 is 9.15 Å². The number of nitrogens with zero attached hydrogens (tertiary/aromatic N) is 3. The van der Waals surface area contributed by atoms with E-state index in [0.29, 0.717) is 22.1 Å². The van der Waals surface area contributed by atoms with Crippen molar-refractivity contribution >= 4 is 34.3 Å². The number of carbonyl (C=O) groups is 1. The van der Waals surface area contributed by atoms with Gasteiger partial charge in [0.15, 0.2) is 12.4 Å². The van der Waals surface area contributed by atoms with Crippen LogP contribution in [0.1, 0.15) is 15.4 Å². The average Bonchev–Trinajstić information content (AvgIpc) is 3.47. The lowest BCUT2D eigenvalue weighted by Crippen LogP contribution is -2.02. The lowest BCUT2D eigenvalue weighted by atomic mass is 10.2. The van der Waals surface area contributed by atoms with Gasteiger partial charge in [-0.15, -0.1) is 22.7 Å². The number of ether oxygens (including phenoxy) is 1. The van der Waals surface area contributed by atoms with E-state index in [2.05, 4.69) is 9.97 Å². The Morgan fingerprint density at radius 1 is 1.18 bits per heavy atom. The zero-order chi connectivity index (χ0) is 19.5. The van der Waals surface area contributed by atoms with Crippen LogP contribution in [0.5, 0.6) is 0 Å². The number of benzene rings is 1. The highest BCUT2D eigenvalue weighted by atomic mass is 32.1. The predicted molar refractivity (Wildman–Crippen MR) is 103 cm³/mol. The maximum atomic E-state index is 12.2. The number of oxazole rings is 1. The first kappa shape index (κ1) is 18.0. The first-order chi connectivity index (χ1) is 13.6. The van der Waals surface area contributed by atoms with Gasteiger partial charge in [-0.3, -0.25) is 10.1 Å². The normalized spacial score (nSPS) is 10.7. The highest BCUT2D eigenvalue weighted by Crippen LogP contribution is 2.29. The van der Waals surface area contributed by atoms with Crippen molar-refractivity contribution in [3.63, 3.8) is 0 Å². The average molecular weight is 413 g/mol. The highest BCUT2D eigenvalue weighted by Gasteiger charge is 2.15. The van der Waals surface area contributed by atoms with Crippen LogP contribution in [-0.4, -0.2) is 20.9 Å². The van der Waals surface area contributed by atoms with Crippen molar-refractivity contribution in [2.45, 2.75) is 6.61 Å². The molecule has 0 saturated heterocycles. The number of hydrogen-bond donors (Lipinski definition) is 0. The smallest absolute Gasteiger partial charge is 0.350 e. The van der Waals surface area contributed by atoms with Gasteiger partial charge in [-0.05, 0) is 23.6 Å². The number of carbonyl (C=O) groups excluding carboxylic acids is 1. The van der Waals surface area contributed by atoms with Crippen molar-refractivity contribution in [1.82, 2.24) is 9.97 Å². The zero-order valence-electron chi connectivity index (χ0n) is 14.1. The summed E-state index contributed by atoms with van der Waals surface area (Å²) in [5.74, 6) is 0.164. The van der Waals surface area contributed by atoms with Gasteiger partial charge in [0.25, 0.3) is 5.69 Å². The summed E-state index contributed by atoms with van der Waals surface area (Å²) in [5, 5.41) is 13.4. The van der Waals surface area contributed by atoms with Crippen LogP contribution in [0.4, 0.5) is 5.69 Å². The topological polar surface area (TPSA) is 108 Å². The van der Waals surface area contributed by atoms with Crippen LogP contribution < -0.4 is 0 Å². The fourth-order valence-electron chi connectivity index (χ4n) is 2.32. The molecule has 0 saturated carbocycles. The first-order valence-electron chi connectivity index (χ1n) is 7.96. The van der Waals surface area contributed by atoms with Gasteiger partial charge in [-0.1, -0.05) is 6.07 Å². The summed E-state index contributed by atoms with van der Waals surface area (Å²) < 4.78 is 10.8. The van der Waals surface area contributed by atoms with Crippen LogP contribution in [-0.2, 0) is 11.3 Å². The van der Waals surface area contributed by atoms with Crippen LogP contribution in [0.15, 0.2) is 58.6 Å². The molecule has 0 aliphatic heterocycles. The molecule has 28 heavy (non-hydrogen) atoms. The molecule has 10 heteroatoms. The molecule has 0 N–H and O–H groups in total. The number of nitro benzene ring substituents is 1. The number of nitro groups is 1.